The van der Waals surface area contributed by atoms with Crippen LogP contribution in [-0.4, -0.2) is 31.4 Å². The van der Waals surface area contributed by atoms with E-state index in [1.54, 1.807) is 43.3 Å². The number of hydrogen-bond donors (Lipinski definition) is 4. The summed E-state index contributed by atoms with van der Waals surface area (Å²) >= 11 is 4.69. The molecule has 4 aromatic rings. The molecule has 0 spiro atoms. The van der Waals surface area contributed by atoms with Crippen LogP contribution in [0, 0.1) is 0 Å². The minimum Gasteiger partial charge on any atom is -0.593 e. The molecule has 0 radical (unpaired) electrons. The third kappa shape index (κ3) is 6.93. The molecule has 14 heteroatoms. The van der Waals surface area contributed by atoms with E-state index in [2.05, 4.69) is 25.2 Å². The number of nitrogens with one attached hydrogen (secondary N) is 3. The zero-order valence-electron chi connectivity index (χ0n) is 20.3. The lowest BCUT2D eigenvalue weighted by Gasteiger charge is -2.16. The standard InChI is InChI=1S/C25H22ClF3N6O3S/c1-2-39(37)35-17-10-9-15(12-18(17)38-13-14-5-3-6-16(26)11-14)22-21(23(30)36)24(34-33-22)32-20-8-4-7-19(31-20)25(27,28)29/h3-12,35H,2,13H2,1H3,(H2,30,36)(H2,31,32,33,34). The van der Waals surface area contributed by atoms with Crippen molar-refractivity contribution < 1.29 is 27.3 Å². The molecule has 2 aromatic carbocycles. The molecular formula is C25H22ClF3N6O3S. The van der Waals surface area contributed by atoms with E-state index in [0.717, 1.165) is 11.6 Å². The lowest BCUT2D eigenvalue weighted by molar-refractivity contribution is -0.141. The van der Waals surface area contributed by atoms with Crippen LogP contribution in [0.25, 0.3) is 11.3 Å². The van der Waals surface area contributed by atoms with E-state index in [-0.39, 0.29) is 29.5 Å². The maximum Gasteiger partial charge on any atom is 0.433 e. The molecule has 0 saturated heterocycles. The summed E-state index contributed by atoms with van der Waals surface area (Å²) in [4.78, 5) is 15.9. The number of ether oxygens (including phenoxy) is 1. The van der Waals surface area contributed by atoms with Gasteiger partial charge in [-0.05, 0) is 48.9 Å². The van der Waals surface area contributed by atoms with Crippen LogP contribution in [0.4, 0.5) is 30.5 Å². The van der Waals surface area contributed by atoms with Gasteiger partial charge in [0.1, 0.15) is 52.4 Å². The molecule has 2 aromatic heterocycles. The number of amides is 1. The number of carbonyl (C=O) groups is 1. The zero-order chi connectivity index (χ0) is 28.2. The Morgan fingerprint density at radius 3 is 2.64 bits per heavy atom. The van der Waals surface area contributed by atoms with E-state index in [0.29, 0.717) is 27.8 Å². The van der Waals surface area contributed by atoms with E-state index < -0.39 is 29.1 Å². The van der Waals surface area contributed by atoms with Crippen molar-refractivity contribution in [3.63, 3.8) is 0 Å². The fraction of sp³-hybridized carbons (Fsp3) is 0.160. The number of rotatable bonds is 10. The van der Waals surface area contributed by atoms with Crippen molar-refractivity contribution in [2.24, 2.45) is 5.73 Å². The van der Waals surface area contributed by atoms with Gasteiger partial charge in [0.05, 0.1) is 11.4 Å². The van der Waals surface area contributed by atoms with Crippen LogP contribution in [0.1, 0.15) is 28.5 Å². The van der Waals surface area contributed by atoms with E-state index in [1.165, 1.54) is 12.1 Å². The molecule has 0 aliphatic heterocycles. The number of aromatic amines is 1. The highest BCUT2D eigenvalue weighted by atomic mass is 35.5. The van der Waals surface area contributed by atoms with Gasteiger partial charge in [-0.2, -0.15) is 18.3 Å². The molecule has 2 heterocycles. The van der Waals surface area contributed by atoms with Gasteiger partial charge in [-0.1, -0.05) is 35.9 Å². The van der Waals surface area contributed by atoms with Gasteiger partial charge < -0.3 is 20.3 Å². The van der Waals surface area contributed by atoms with Crippen molar-refractivity contribution in [2.45, 2.75) is 19.7 Å². The average Bonchev–Trinajstić information content (AvgIpc) is 3.31. The van der Waals surface area contributed by atoms with Crippen LogP contribution in [0.5, 0.6) is 5.75 Å². The number of anilines is 3. The van der Waals surface area contributed by atoms with Gasteiger partial charge >= 0.3 is 6.18 Å². The van der Waals surface area contributed by atoms with Crippen LogP contribution in [-0.2, 0) is 24.1 Å². The first-order chi connectivity index (χ1) is 18.5. The van der Waals surface area contributed by atoms with Crippen LogP contribution in [0.15, 0.2) is 60.7 Å². The molecule has 1 unspecified atom stereocenters. The van der Waals surface area contributed by atoms with Crippen LogP contribution in [0.2, 0.25) is 5.02 Å². The van der Waals surface area contributed by atoms with E-state index in [4.69, 9.17) is 22.1 Å². The van der Waals surface area contributed by atoms with Crippen LogP contribution >= 0.6 is 11.6 Å². The molecule has 0 saturated carbocycles. The number of pyridine rings is 1. The maximum absolute atomic E-state index is 13.1. The third-order valence-corrected chi connectivity index (χ3v) is 6.54. The fourth-order valence-electron chi connectivity index (χ4n) is 3.53. The molecule has 0 aliphatic carbocycles. The van der Waals surface area contributed by atoms with E-state index in [1.807, 2.05) is 6.07 Å². The topological polar surface area (TPSA) is 141 Å². The Labute approximate surface area is 229 Å². The van der Waals surface area contributed by atoms with Gasteiger partial charge in [-0.15, -0.1) is 0 Å². The Kier molecular flexibility index (Phi) is 8.53. The summed E-state index contributed by atoms with van der Waals surface area (Å²) in [5.74, 6) is -0.445. The third-order valence-electron chi connectivity index (χ3n) is 5.33. The molecule has 204 valence electrons. The summed E-state index contributed by atoms with van der Waals surface area (Å²) in [7, 11) is 0. The Morgan fingerprint density at radius 1 is 1.18 bits per heavy atom. The predicted octanol–water partition coefficient (Wildman–Crippen LogP) is 5.66. The average molecular weight is 579 g/mol. The minimum atomic E-state index is -4.65. The number of H-pyrrole nitrogens is 1. The minimum absolute atomic E-state index is 0.0417. The van der Waals surface area contributed by atoms with Gasteiger partial charge in [0, 0.05) is 10.6 Å². The highest BCUT2D eigenvalue weighted by Gasteiger charge is 2.32. The summed E-state index contributed by atoms with van der Waals surface area (Å²) in [6, 6.07) is 15.2. The lowest BCUT2D eigenvalue weighted by Crippen LogP contribution is -2.16. The second-order valence-electron chi connectivity index (χ2n) is 8.08. The first-order valence-electron chi connectivity index (χ1n) is 11.4. The maximum atomic E-state index is 13.1. The first-order valence-corrected chi connectivity index (χ1v) is 13.1. The molecule has 0 fully saturated rings. The summed E-state index contributed by atoms with van der Waals surface area (Å²) in [6.07, 6.45) is -4.65. The van der Waals surface area contributed by atoms with Gasteiger partial charge in [-0.3, -0.25) is 9.89 Å². The van der Waals surface area contributed by atoms with Gasteiger partial charge in [0.25, 0.3) is 5.91 Å². The van der Waals surface area contributed by atoms with Crippen LogP contribution < -0.4 is 20.5 Å². The second kappa shape index (κ2) is 11.8. The number of nitrogens with two attached hydrogens (primary N) is 1. The first kappa shape index (κ1) is 28.1. The van der Waals surface area contributed by atoms with Crippen molar-refractivity contribution >= 4 is 46.2 Å². The van der Waals surface area contributed by atoms with Crippen LogP contribution in [0.3, 0.4) is 0 Å². The Bertz CT molecular complexity index is 1480. The molecule has 39 heavy (non-hydrogen) atoms. The molecule has 0 aliphatic rings. The number of benzene rings is 2. The summed E-state index contributed by atoms with van der Waals surface area (Å²) in [6.45, 7) is 1.88. The van der Waals surface area contributed by atoms with Gasteiger partial charge in [0.2, 0.25) is 0 Å². The molecular weight excluding hydrogens is 557 g/mol. The zero-order valence-corrected chi connectivity index (χ0v) is 21.9. The quantitative estimate of drug-likeness (QED) is 0.178. The fourth-order valence-corrected chi connectivity index (χ4v) is 4.30. The van der Waals surface area contributed by atoms with E-state index in [9.17, 15) is 22.5 Å². The number of carbonyl (C=O) groups excluding carboxylic acids is 1. The number of halogens is 4. The lowest BCUT2D eigenvalue weighted by atomic mass is 10.1. The largest absolute Gasteiger partial charge is 0.593 e. The SMILES string of the molecule is CC[S+]([O-])Nc1ccc(-c2n[nH]c(Nc3cccc(C(F)(F)F)n3)c2C(N)=O)cc1OCc1cccc(Cl)c1. The Morgan fingerprint density at radius 2 is 1.95 bits per heavy atom. The normalized spacial score (nSPS) is 12.2. The molecule has 0 bridgehead atoms. The molecule has 4 rings (SSSR count). The number of alkyl halides is 3. The summed E-state index contributed by atoms with van der Waals surface area (Å²) < 4.78 is 60.3. The highest BCUT2D eigenvalue weighted by Crippen LogP contribution is 2.35. The second-order valence-corrected chi connectivity index (χ2v) is 9.99. The number of primary amides is 1. The van der Waals surface area contributed by atoms with E-state index >= 15 is 0 Å². The molecule has 1 amide bonds. The smallest absolute Gasteiger partial charge is 0.433 e. The van der Waals surface area contributed by atoms with Crippen molar-refractivity contribution in [1.29, 1.82) is 0 Å². The summed E-state index contributed by atoms with van der Waals surface area (Å²) in [5, 5.41) is 9.94. The Balaban J connectivity index is 1.69. The van der Waals surface area contributed by atoms with Gasteiger partial charge in [-0.25, -0.2) is 9.71 Å². The molecule has 9 nitrogen and oxygen atoms in total. The van der Waals surface area contributed by atoms with Crippen molar-refractivity contribution in [3.8, 4) is 17.0 Å². The van der Waals surface area contributed by atoms with Gasteiger partial charge in [0.15, 0.2) is 0 Å². The molecule has 1 atom stereocenters. The Hall–Kier alpha value is -3.94. The number of hydrogen-bond acceptors (Lipinski definition) is 7. The van der Waals surface area contributed by atoms with Crippen molar-refractivity contribution in [2.75, 3.05) is 15.8 Å². The number of nitrogens with zero attached hydrogens (tertiary/aromatic N) is 2. The predicted molar refractivity (Wildman–Crippen MR) is 143 cm³/mol. The number of aromatic nitrogens is 3. The van der Waals surface area contributed by atoms with Crippen molar-refractivity contribution in [3.05, 3.63) is 82.5 Å². The monoisotopic (exact) mass is 578 g/mol. The van der Waals surface area contributed by atoms with Crippen molar-refractivity contribution in [1.82, 2.24) is 15.2 Å². The summed E-state index contributed by atoms with van der Waals surface area (Å²) in [5.41, 5.74) is 6.14. The molecule has 5 N–H and O–H groups in total. The highest BCUT2D eigenvalue weighted by molar-refractivity contribution is 7.92.